The normalized spacial score (nSPS) is 12.8. The number of aliphatic hydroxyl groups is 2. The molecule has 0 rings (SSSR count). The first-order valence-electron chi connectivity index (χ1n) is 28.6. The Kier molecular flexibility index (Phi) is 52.6. The van der Waals surface area contributed by atoms with Crippen LogP contribution in [0.25, 0.3) is 0 Å². The van der Waals surface area contributed by atoms with Crippen molar-refractivity contribution in [3.63, 3.8) is 0 Å². The third-order valence-corrected chi connectivity index (χ3v) is 13.2. The molecule has 0 aliphatic heterocycles. The zero-order chi connectivity index (χ0) is 46.5. The summed E-state index contributed by atoms with van der Waals surface area (Å²) < 4.78 is 5.43. The molecule has 0 aromatic carbocycles. The number of carbonyl (C=O) groups excluding carboxylic acids is 2. The molecule has 0 bridgehead atoms. The maximum absolute atomic E-state index is 12.5. The highest BCUT2D eigenvalue weighted by Crippen LogP contribution is 2.17. The van der Waals surface area contributed by atoms with Crippen LogP contribution in [0.4, 0.5) is 0 Å². The Morgan fingerprint density at radius 3 is 1.11 bits per heavy atom. The lowest BCUT2D eigenvalue weighted by Crippen LogP contribution is -2.45. The molecule has 0 radical (unpaired) electrons. The Balaban J connectivity index is 3.51. The second kappa shape index (κ2) is 54.0. The van der Waals surface area contributed by atoms with E-state index in [0.29, 0.717) is 25.9 Å². The fourth-order valence-corrected chi connectivity index (χ4v) is 8.81. The van der Waals surface area contributed by atoms with Gasteiger partial charge in [0.1, 0.15) is 0 Å². The molecule has 0 spiro atoms. The highest BCUT2D eigenvalue weighted by atomic mass is 16.5. The van der Waals surface area contributed by atoms with Gasteiger partial charge in [-0.3, -0.25) is 9.59 Å². The van der Waals surface area contributed by atoms with Crippen LogP contribution >= 0.6 is 0 Å². The van der Waals surface area contributed by atoms with Crippen molar-refractivity contribution in [2.24, 2.45) is 0 Å². The second-order valence-electron chi connectivity index (χ2n) is 19.6. The summed E-state index contributed by atoms with van der Waals surface area (Å²) in [6.45, 7) is 4.87. The molecule has 0 fully saturated rings. The smallest absolute Gasteiger partial charge is 0.305 e. The molecule has 3 N–H and O–H groups in total. The number of allylic oxidation sites excluding steroid dienone is 4. The minimum absolute atomic E-state index is 0.0441. The monoisotopic (exact) mass is 902 g/mol. The van der Waals surface area contributed by atoms with Crippen LogP contribution in [-0.2, 0) is 14.3 Å². The maximum Gasteiger partial charge on any atom is 0.305 e. The molecule has 0 aromatic heterocycles. The lowest BCUT2D eigenvalue weighted by atomic mass is 10.0. The van der Waals surface area contributed by atoms with Gasteiger partial charge in [0.25, 0.3) is 0 Å². The molecule has 0 saturated carbocycles. The Hall–Kier alpha value is -1.66. The van der Waals surface area contributed by atoms with E-state index in [1.807, 2.05) is 0 Å². The Morgan fingerprint density at radius 1 is 0.422 bits per heavy atom. The highest BCUT2D eigenvalue weighted by Gasteiger charge is 2.20. The molecule has 0 saturated heterocycles. The number of nitrogens with one attached hydrogen (secondary N) is 1. The predicted octanol–water partition coefficient (Wildman–Crippen LogP) is 17.5. The van der Waals surface area contributed by atoms with Gasteiger partial charge in [-0.15, -0.1) is 0 Å². The number of hydrogen-bond donors (Lipinski definition) is 3. The van der Waals surface area contributed by atoms with E-state index in [-0.39, 0.29) is 18.5 Å². The largest absolute Gasteiger partial charge is 0.466 e. The third-order valence-electron chi connectivity index (χ3n) is 13.2. The highest BCUT2D eigenvalue weighted by molar-refractivity contribution is 5.76. The van der Waals surface area contributed by atoms with Crippen molar-refractivity contribution in [1.82, 2.24) is 5.32 Å². The van der Waals surface area contributed by atoms with Crippen LogP contribution in [0.3, 0.4) is 0 Å². The molecule has 0 aromatic rings. The van der Waals surface area contributed by atoms with Crippen molar-refractivity contribution in [3.8, 4) is 0 Å². The molecule has 0 aliphatic carbocycles. The van der Waals surface area contributed by atoms with Gasteiger partial charge >= 0.3 is 5.97 Å². The molecule has 2 unspecified atom stereocenters. The van der Waals surface area contributed by atoms with Crippen LogP contribution in [0.5, 0.6) is 0 Å². The van der Waals surface area contributed by atoms with Gasteiger partial charge in [-0.2, -0.15) is 0 Å². The standard InChI is InChI=1S/C58H111NO5/c1-3-5-7-9-11-13-15-17-19-20-21-22-23-24-25-26-27-28-30-34-38-42-46-50-56(61)55(54-60)59-57(62)51-47-43-39-35-32-33-37-41-45-49-53-64-58(63)52-48-44-40-36-31-29-18-16-14-12-10-8-6-4-2/h16,18,33,37,55-56,60-61H,3-15,17,19-32,34-36,38-54H2,1-2H3,(H,59,62)/b18-16-,37-33-. The average molecular weight is 903 g/mol. The first-order chi connectivity index (χ1) is 31.5. The minimum atomic E-state index is -0.687. The third kappa shape index (κ3) is 49.8. The molecule has 0 aliphatic rings. The van der Waals surface area contributed by atoms with Gasteiger partial charge in [0.2, 0.25) is 5.91 Å². The molecule has 2 atom stereocenters. The Morgan fingerprint density at radius 2 is 0.734 bits per heavy atom. The fourth-order valence-electron chi connectivity index (χ4n) is 8.81. The van der Waals surface area contributed by atoms with E-state index in [1.54, 1.807) is 0 Å². The first-order valence-corrected chi connectivity index (χ1v) is 28.6. The van der Waals surface area contributed by atoms with Gasteiger partial charge in [-0.25, -0.2) is 0 Å². The molecule has 6 heteroatoms. The number of amides is 1. The van der Waals surface area contributed by atoms with E-state index in [4.69, 9.17) is 4.74 Å². The topological polar surface area (TPSA) is 95.9 Å². The number of unbranched alkanes of at least 4 members (excludes halogenated alkanes) is 38. The number of ether oxygens (including phenoxy) is 1. The quantitative estimate of drug-likeness (QED) is 0.0321. The summed E-state index contributed by atoms with van der Waals surface area (Å²) in [6, 6.07) is -0.568. The van der Waals surface area contributed by atoms with Crippen LogP contribution in [0.2, 0.25) is 0 Å². The van der Waals surface area contributed by atoms with Crippen LogP contribution in [0, 0.1) is 0 Å². The number of hydrogen-bond acceptors (Lipinski definition) is 5. The van der Waals surface area contributed by atoms with Crippen LogP contribution in [0.1, 0.15) is 309 Å². The fraction of sp³-hybridized carbons (Fsp3) is 0.897. The number of rotatable bonds is 53. The van der Waals surface area contributed by atoms with Crippen molar-refractivity contribution < 1.29 is 24.5 Å². The maximum atomic E-state index is 12.5. The van der Waals surface area contributed by atoms with Gasteiger partial charge in [0.05, 0.1) is 25.4 Å². The summed E-state index contributed by atoms with van der Waals surface area (Å²) in [4.78, 5) is 24.5. The number of esters is 1. The number of aliphatic hydroxyl groups excluding tert-OH is 2. The Bertz CT molecular complexity index is 997. The van der Waals surface area contributed by atoms with E-state index in [0.717, 1.165) is 77.0 Å². The van der Waals surface area contributed by atoms with Gasteiger partial charge in [0.15, 0.2) is 0 Å². The Labute approximate surface area is 399 Å². The van der Waals surface area contributed by atoms with Crippen LogP contribution < -0.4 is 5.32 Å². The molecule has 64 heavy (non-hydrogen) atoms. The molecule has 1 amide bonds. The summed E-state index contributed by atoms with van der Waals surface area (Å²) in [5.41, 5.74) is 0. The van der Waals surface area contributed by atoms with Crippen LogP contribution in [0.15, 0.2) is 24.3 Å². The lowest BCUT2D eigenvalue weighted by Gasteiger charge is -2.22. The predicted molar refractivity (Wildman–Crippen MR) is 278 cm³/mol. The van der Waals surface area contributed by atoms with Crippen molar-refractivity contribution in [2.45, 2.75) is 321 Å². The summed E-state index contributed by atoms with van der Waals surface area (Å²) in [6.07, 6.45) is 64.6. The van der Waals surface area contributed by atoms with E-state index >= 15 is 0 Å². The van der Waals surface area contributed by atoms with Gasteiger partial charge in [-0.05, 0) is 77.0 Å². The molecular weight excluding hydrogens is 791 g/mol. The van der Waals surface area contributed by atoms with Gasteiger partial charge in [-0.1, -0.05) is 244 Å². The van der Waals surface area contributed by atoms with Gasteiger partial charge < -0.3 is 20.3 Å². The van der Waals surface area contributed by atoms with Gasteiger partial charge in [0, 0.05) is 12.8 Å². The SMILES string of the molecule is CCCCCCC/C=C\CCCCCCCC(=O)OCCCC/C=C\CCCCCCC(=O)NC(CO)C(O)CCCCCCCCCCCCCCCCCCCCCCCCC. The molecule has 0 heterocycles. The van der Waals surface area contributed by atoms with Crippen molar-refractivity contribution in [3.05, 3.63) is 24.3 Å². The average Bonchev–Trinajstić information content (AvgIpc) is 3.29. The zero-order valence-corrected chi connectivity index (χ0v) is 43.0. The second-order valence-corrected chi connectivity index (χ2v) is 19.6. The zero-order valence-electron chi connectivity index (χ0n) is 43.0. The summed E-state index contributed by atoms with van der Waals surface area (Å²) in [7, 11) is 0. The van der Waals surface area contributed by atoms with Crippen molar-refractivity contribution in [1.29, 1.82) is 0 Å². The van der Waals surface area contributed by atoms with E-state index in [2.05, 4.69) is 43.5 Å². The summed E-state index contributed by atoms with van der Waals surface area (Å²) >= 11 is 0. The first kappa shape index (κ1) is 62.3. The van der Waals surface area contributed by atoms with E-state index in [1.165, 1.54) is 199 Å². The molecule has 6 nitrogen and oxygen atoms in total. The minimum Gasteiger partial charge on any atom is -0.466 e. The molecule has 378 valence electrons. The number of carbonyl (C=O) groups is 2. The molecular formula is C58H111NO5. The van der Waals surface area contributed by atoms with Crippen molar-refractivity contribution in [2.75, 3.05) is 13.2 Å². The van der Waals surface area contributed by atoms with Crippen LogP contribution in [-0.4, -0.2) is 47.4 Å². The van der Waals surface area contributed by atoms with E-state index in [9.17, 15) is 19.8 Å². The lowest BCUT2D eigenvalue weighted by molar-refractivity contribution is -0.143. The summed E-state index contributed by atoms with van der Waals surface area (Å²) in [5.74, 6) is -0.113. The van der Waals surface area contributed by atoms with E-state index < -0.39 is 12.1 Å². The summed E-state index contributed by atoms with van der Waals surface area (Å²) in [5, 5.41) is 23.3. The van der Waals surface area contributed by atoms with Crippen molar-refractivity contribution >= 4 is 11.9 Å².